The van der Waals surface area contributed by atoms with Gasteiger partial charge in [0.2, 0.25) is 5.91 Å². The van der Waals surface area contributed by atoms with Gasteiger partial charge in [0.25, 0.3) is 0 Å². The fourth-order valence-corrected chi connectivity index (χ4v) is 2.10. The van der Waals surface area contributed by atoms with E-state index in [0.717, 1.165) is 11.3 Å². The van der Waals surface area contributed by atoms with E-state index < -0.39 is 0 Å². The van der Waals surface area contributed by atoms with Gasteiger partial charge >= 0.3 is 6.09 Å². The summed E-state index contributed by atoms with van der Waals surface area (Å²) in [5.41, 5.74) is 0.913. The van der Waals surface area contributed by atoms with Crippen molar-refractivity contribution in [1.29, 1.82) is 0 Å². The molecular weight excluding hydrogens is 272 g/mol. The molecule has 0 aliphatic carbocycles. The third-order valence-corrected chi connectivity index (χ3v) is 3.18. The molecule has 114 valence electrons. The highest BCUT2D eigenvalue weighted by Crippen LogP contribution is 2.12. The molecule has 0 radical (unpaired) electrons. The quantitative estimate of drug-likeness (QED) is 0.855. The summed E-state index contributed by atoms with van der Waals surface area (Å²) in [5, 5.41) is 2.78. The lowest BCUT2D eigenvalue weighted by Gasteiger charge is -2.10. The molecule has 0 spiro atoms. The number of nitrogens with one attached hydrogen (secondary N) is 1. The summed E-state index contributed by atoms with van der Waals surface area (Å²) < 4.78 is 10.4. The highest BCUT2D eigenvalue weighted by molar-refractivity contribution is 5.78. The van der Waals surface area contributed by atoms with Crippen molar-refractivity contribution < 1.29 is 19.1 Å². The SMILES string of the molecule is CCOc1ccc(CC(=O)NCC2CN(C)C(=O)O2)cc1. The fraction of sp³-hybridized carbons (Fsp3) is 0.467. The predicted molar refractivity (Wildman–Crippen MR) is 77.2 cm³/mol. The molecule has 1 heterocycles. The van der Waals surface area contributed by atoms with Gasteiger partial charge in [0.1, 0.15) is 11.9 Å². The molecule has 0 saturated carbocycles. The molecule has 1 fully saturated rings. The topological polar surface area (TPSA) is 67.9 Å². The lowest BCUT2D eigenvalue weighted by atomic mass is 10.1. The van der Waals surface area contributed by atoms with E-state index in [9.17, 15) is 9.59 Å². The Kier molecular flexibility index (Phi) is 5.03. The summed E-state index contributed by atoms with van der Waals surface area (Å²) in [5.74, 6) is 0.701. The molecule has 1 aromatic carbocycles. The average molecular weight is 292 g/mol. The van der Waals surface area contributed by atoms with Gasteiger partial charge in [0, 0.05) is 7.05 Å². The molecule has 1 unspecified atom stereocenters. The zero-order chi connectivity index (χ0) is 15.2. The number of hydrogen-bond acceptors (Lipinski definition) is 4. The van der Waals surface area contributed by atoms with Gasteiger partial charge in [-0.3, -0.25) is 4.79 Å². The van der Waals surface area contributed by atoms with Crippen LogP contribution < -0.4 is 10.1 Å². The van der Waals surface area contributed by atoms with Crippen LogP contribution in [0.4, 0.5) is 4.79 Å². The normalized spacial score (nSPS) is 17.5. The Morgan fingerprint density at radius 1 is 1.43 bits per heavy atom. The maximum atomic E-state index is 11.8. The molecule has 2 rings (SSSR count). The first kappa shape index (κ1) is 15.2. The predicted octanol–water partition coefficient (Wildman–Crippen LogP) is 1.19. The Labute approximate surface area is 124 Å². The molecule has 1 aliphatic heterocycles. The first-order valence-electron chi connectivity index (χ1n) is 6.98. The molecule has 6 nitrogen and oxygen atoms in total. The standard InChI is InChI=1S/C15H20N2O4/c1-3-20-12-6-4-11(5-7-12)8-14(18)16-9-13-10-17(2)15(19)21-13/h4-7,13H,3,8-10H2,1-2H3,(H,16,18). The van der Waals surface area contributed by atoms with E-state index in [2.05, 4.69) is 5.32 Å². The molecule has 1 atom stereocenters. The van der Waals surface area contributed by atoms with Crippen LogP contribution in [0.3, 0.4) is 0 Å². The Hall–Kier alpha value is -2.24. The van der Waals surface area contributed by atoms with E-state index in [4.69, 9.17) is 9.47 Å². The summed E-state index contributed by atoms with van der Waals surface area (Å²) >= 11 is 0. The second-order valence-electron chi connectivity index (χ2n) is 4.94. The van der Waals surface area contributed by atoms with Crippen LogP contribution in [0, 0.1) is 0 Å². The maximum Gasteiger partial charge on any atom is 0.410 e. The van der Waals surface area contributed by atoms with Crippen LogP contribution in [-0.2, 0) is 16.0 Å². The Balaban J connectivity index is 1.75. The summed E-state index contributed by atoms with van der Waals surface area (Å²) in [7, 11) is 1.67. The van der Waals surface area contributed by atoms with E-state index in [0.29, 0.717) is 26.1 Å². The molecule has 2 amide bonds. The van der Waals surface area contributed by atoms with Crippen LogP contribution in [0.2, 0.25) is 0 Å². The van der Waals surface area contributed by atoms with Crippen LogP contribution >= 0.6 is 0 Å². The Bertz CT molecular complexity index is 501. The number of likely N-dealkylation sites (N-methyl/N-ethyl adjacent to an activating group) is 1. The summed E-state index contributed by atoms with van der Waals surface area (Å²) in [6.07, 6.45) is -0.323. The van der Waals surface area contributed by atoms with Crippen molar-refractivity contribution in [1.82, 2.24) is 10.2 Å². The number of rotatable bonds is 6. The van der Waals surface area contributed by atoms with Crippen LogP contribution in [0.15, 0.2) is 24.3 Å². The van der Waals surface area contributed by atoms with Crippen LogP contribution in [0.5, 0.6) is 5.75 Å². The first-order valence-corrected chi connectivity index (χ1v) is 6.98. The van der Waals surface area contributed by atoms with Crippen LogP contribution in [0.1, 0.15) is 12.5 Å². The highest BCUT2D eigenvalue weighted by Gasteiger charge is 2.28. The zero-order valence-corrected chi connectivity index (χ0v) is 12.3. The van der Waals surface area contributed by atoms with Crippen molar-refractivity contribution in [2.24, 2.45) is 0 Å². The molecular formula is C15H20N2O4. The fourth-order valence-electron chi connectivity index (χ4n) is 2.10. The monoisotopic (exact) mass is 292 g/mol. The van der Waals surface area contributed by atoms with Crippen molar-refractivity contribution in [3.05, 3.63) is 29.8 Å². The van der Waals surface area contributed by atoms with Gasteiger partial charge in [-0.2, -0.15) is 0 Å². The molecule has 1 aromatic rings. The van der Waals surface area contributed by atoms with E-state index in [-0.39, 0.29) is 18.1 Å². The Morgan fingerprint density at radius 2 is 2.14 bits per heavy atom. The van der Waals surface area contributed by atoms with E-state index in [1.807, 2.05) is 31.2 Å². The van der Waals surface area contributed by atoms with Crippen LogP contribution in [0.25, 0.3) is 0 Å². The van der Waals surface area contributed by atoms with E-state index >= 15 is 0 Å². The average Bonchev–Trinajstić information content (AvgIpc) is 2.78. The van der Waals surface area contributed by atoms with E-state index in [1.54, 1.807) is 7.05 Å². The number of hydrogen-bond donors (Lipinski definition) is 1. The smallest absolute Gasteiger partial charge is 0.410 e. The molecule has 21 heavy (non-hydrogen) atoms. The summed E-state index contributed by atoms with van der Waals surface area (Å²) in [4.78, 5) is 24.5. The van der Waals surface area contributed by atoms with Crippen molar-refractivity contribution in [2.75, 3.05) is 26.7 Å². The zero-order valence-electron chi connectivity index (χ0n) is 12.3. The van der Waals surface area contributed by atoms with Gasteiger partial charge in [0.15, 0.2) is 0 Å². The van der Waals surface area contributed by atoms with Gasteiger partial charge in [-0.05, 0) is 24.6 Å². The number of benzene rings is 1. The second kappa shape index (κ2) is 6.97. The molecule has 0 aromatic heterocycles. The lowest BCUT2D eigenvalue weighted by molar-refractivity contribution is -0.120. The first-order chi connectivity index (χ1) is 10.1. The third kappa shape index (κ3) is 4.37. The molecule has 0 bridgehead atoms. The lowest BCUT2D eigenvalue weighted by Crippen LogP contribution is -2.35. The molecule has 6 heteroatoms. The van der Waals surface area contributed by atoms with Gasteiger partial charge in [-0.15, -0.1) is 0 Å². The minimum Gasteiger partial charge on any atom is -0.494 e. The van der Waals surface area contributed by atoms with Crippen molar-refractivity contribution >= 4 is 12.0 Å². The Morgan fingerprint density at radius 3 is 2.71 bits per heavy atom. The second-order valence-corrected chi connectivity index (χ2v) is 4.94. The van der Waals surface area contributed by atoms with Crippen LogP contribution in [-0.4, -0.2) is 49.7 Å². The number of carbonyl (C=O) groups is 2. The van der Waals surface area contributed by atoms with E-state index in [1.165, 1.54) is 4.90 Å². The summed E-state index contributed by atoms with van der Waals surface area (Å²) in [6, 6.07) is 7.43. The molecule has 1 aliphatic rings. The van der Waals surface area contributed by atoms with Gasteiger partial charge in [0.05, 0.1) is 26.1 Å². The number of carbonyl (C=O) groups excluding carboxylic acids is 2. The highest BCUT2D eigenvalue weighted by atomic mass is 16.6. The number of cyclic esters (lactones) is 1. The molecule has 1 saturated heterocycles. The van der Waals surface area contributed by atoms with Gasteiger partial charge < -0.3 is 19.7 Å². The third-order valence-electron chi connectivity index (χ3n) is 3.18. The number of nitrogens with zero attached hydrogens (tertiary/aromatic N) is 1. The van der Waals surface area contributed by atoms with Crippen molar-refractivity contribution in [3.63, 3.8) is 0 Å². The summed E-state index contributed by atoms with van der Waals surface area (Å²) in [6.45, 7) is 3.39. The van der Waals surface area contributed by atoms with Crippen molar-refractivity contribution in [2.45, 2.75) is 19.4 Å². The van der Waals surface area contributed by atoms with Gasteiger partial charge in [-0.25, -0.2) is 4.79 Å². The number of ether oxygens (including phenoxy) is 2. The van der Waals surface area contributed by atoms with Crippen molar-refractivity contribution in [3.8, 4) is 5.75 Å². The minimum absolute atomic E-state index is 0.0928. The van der Waals surface area contributed by atoms with Gasteiger partial charge in [-0.1, -0.05) is 12.1 Å². The molecule has 1 N–H and O–H groups in total. The largest absolute Gasteiger partial charge is 0.494 e. The maximum absolute atomic E-state index is 11.8. The number of amides is 2. The minimum atomic E-state index is -0.347.